The van der Waals surface area contributed by atoms with Crippen LogP contribution < -0.4 is 9.47 Å². The molecule has 224 valence electrons. The zero-order valence-corrected chi connectivity index (χ0v) is 25.6. The fourth-order valence-corrected chi connectivity index (χ4v) is 5.25. The Morgan fingerprint density at radius 1 is 0.545 bits per heavy atom. The minimum Gasteiger partial charge on any atom is -0.508 e. The number of phenols is 2. The van der Waals surface area contributed by atoms with E-state index in [1.54, 1.807) is 38.5 Å². The highest BCUT2D eigenvalue weighted by atomic mass is 16.5. The lowest BCUT2D eigenvalue weighted by Crippen LogP contribution is -1.85. The van der Waals surface area contributed by atoms with Crippen LogP contribution in [0.4, 0.5) is 0 Å². The highest BCUT2D eigenvalue weighted by Crippen LogP contribution is 2.25. The first-order valence-electron chi connectivity index (χ1n) is 14.5. The topological polar surface area (TPSA) is 68.8 Å². The molecule has 0 spiro atoms. The molecule has 2 N–H and O–H groups in total. The van der Waals surface area contributed by atoms with Crippen molar-refractivity contribution in [1.29, 1.82) is 0 Å². The van der Waals surface area contributed by atoms with E-state index in [2.05, 4.69) is 47.1 Å². The van der Waals surface area contributed by atoms with Gasteiger partial charge in [0.05, 0.1) is 14.2 Å². The average molecular weight is 587 g/mol. The number of fused-ring (bicyclic) bond motifs is 4. The molecule has 0 bridgehead atoms. The summed E-state index contributed by atoms with van der Waals surface area (Å²) in [4.78, 5) is 0. The van der Waals surface area contributed by atoms with E-state index in [-0.39, 0.29) is 0 Å². The van der Waals surface area contributed by atoms with Crippen LogP contribution in [-0.4, -0.2) is 33.6 Å². The van der Waals surface area contributed by atoms with Crippen molar-refractivity contribution in [2.45, 2.75) is 12.8 Å². The van der Waals surface area contributed by atoms with Crippen molar-refractivity contribution >= 4 is 34.0 Å². The summed E-state index contributed by atoms with van der Waals surface area (Å²) in [6.07, 6.45) is 14.5. The van der Waals surface area contributed by atoms with Gasteiger partial charge in [-0.1, -0.05) is 36.4 Å². The monoisotopic (exact) mass is 586 g/mol. The molecule has 0 saturated heterocycles. The Labute approximate surface area is 258 Å². The number of methoxy groups -OCH3 is 2. The maximum Gasteiger partial charge on any atom is 0.119 e. The molecule has 0 unspecified atom stereocenters. The van der Waals surface area contributed by atoms with E-state index >= 15 is 0 Å². The summed E-state index contributed by atoms with van der Waals surface area (Å²) in [5.41, 5.74) is 7.52. The van der Waals surface area contributed by atoms with Crippen LogP contribution in [0.25, 0.3) is 34.0 Å². The minimum atomic E-state index is 0.323. The van der Waals surface area contributed by atoms with Crippen LogP contribution in [0.15, 0.2) is 109 Å². The van der Waals surface area contributed by atoms with Crippen LogP contribution in [0.2, 0.25) is 0 Å². The number of aromatic nitrogens is 2. The lowest BCUT2D eigenvalue weighted by atomic mass is 10.1. The first-order chi connectivity index (χ1) is 21.3. The van der Waals surface area contributed by atoms with Gasteiger partial charge in [0.15, 0.2) is 0 Å². The number of aryl methyl sites for hydroxylation is 2. The highest BCUT2D eigenvalue weighted by Gasteiger charge is 2.05. The largest absolute Gasteiger partial charge is 0.508 e. The maximum atomic E-state index is 9.13. The van der Waals surface area contributed by atoms with Gasteiger partial charge in [-0.15, -0.1) is 0 Å². The summed E-state index contributed by atoms with van der Waals surface area (Å²) in [5.74, 6) is 2.53. The standard InChI is InChI=1S/C10H11NO.C10H10O.C9H9NO.C9H8O/c1-11-6-5-8-7-9(12-2)3-4-10(8)11;1-11-10-6-5-8-3-2-4-9(8)7-10;1-10-5-4-7-6-8(11)2-3-9(7)10;10-9-5-4-7-2-1-3-8(7)6-9/h3-7H,1-2H3;2,4-7H,3H2,1H3;2-6,11H,1H3;1,3-6,10H,2H2. The van der Waals surface area contributed by atoms with Gasteiger partial charge in [0.2, 0.25) is 0 Å². The van der Waals surface area contributed by atoms with Crippen molar-refractivity contribution in [3.63, 3.8) is 0 Å². The molecule has 8 rings (SSSR count). The predicted octanol–water partition coefficient (Wildman–Crippen LogP) is 8.30. The lowest BCUT2D eigenvalue weighted by molar-refractivity contribution is 0.414. The van der Waals surface area contributed by atoms with Crippen LogP contribution in [0.5, 0.6) is 23.0 Å². The second kappa shape index (κ2) is 13.7. The summed E-state index contributed by atoms with van der Waals surface area (Å²) in [7, 11) is 7.40. The Bertz CT molecular complexity index is 1940. The average Bonchev–Trinajstić information content (AvgIpc) is 3.85. The smallest absolute Gasteiger partial charge is 0.119 e. The third-order valence-corrected chi connectivity index (χ3v) is 7.71. The molecule has 2 aromatic heterocycles. The Morgan fingerprint density at radius 2 is 1.02 bits per heavy atom. The van der Waals surface area contributed by atoms with Crippen molar-refractivity contribution in [1.82, 2.24) is 9.13 Å². The molecule has 0 radical (unpaired) electrons. The number of benzene rings is 4. The third-order valence-electron chi connectivity index (χ3n) is 7.71. The highest BCUT2D eigenvalue weighted by molar-refractivity contribution is 5.82. The molecule has 6 heteroatoms. The summed E-state index contributed by atoms with van der Waals surface area (Å²) in [6, 6.07) is 27.2. The van der Waals surface area contributed by atoms with Crippen LogP contribution in [0.3, 0.4) is 0 Å². The Morgan fingerprint density at radius 3 is 1.66 bits per heavy atom. The minimum absolute atomic E-state index is 0.323. The molecule has 44 heavy (non-hydrogen) atoms. The van der Waals surface area contributed by atoms with E-state index in [0.29, 0.717) is 11.5 Å². The molecule has 2 aliphatic rings. The summed E-state index contributed by atoms with van der Waals surface area (Å²) in [6.45, 7) is 0. The van der Waals surface area contributed by atoms with Crippen molar-refractivity contribution in [2.75, 3.05) is 14.2 Å². The molecule has 0 amide bonds. The molecule has 0 aliphatic heterocycles. The van der Waals surface area contributed by atoms with Gasteiger partial charge >= 0.3 is 0 Å². The number of rotatable bonds is 2. The predicted molar refractivity (Wildman–Crippen MR) is 181 cm³/mol. The fraction of sp³-hybridized carbons (Fsp3) is 0.158. The Balaban J connectivity index is 0.000000117. The zero-order chi connectivity index (χ0) is 31.1. The molecule has 2 heterocycles. The van der Waals surface area contributed by atoms with Crippen molar-refractivity contribution < 1.29 is 19.7 Å². The fourth-order valence-electron chi connectivity index (χ4n) is 5.25. The van der Waals surface area contributed by atoms with Crippen LogP contribution >= 0.6 is 0 Å². The second-order valence-electron chi connectivity index (χ2n) is 10.7. The molecular formula is C38H38N2O4. The van der Waals surface area contributed by atoms with E-state index in [4.69, 9.17) is 19.7 Å². The maximum absolute atomic E-state index is 9.13. The number of nitrogens with zero attached hydrogens (tertiary/aromatic N) is 2. The Hall–Kier alpha value is -5.36. The normalized spacial score (nSPS) is 11.9. The van der Waals surface area contributed by atoms with E-state index in [0.717, 1.165) is 40.8 Å². The molecule has 2 aliphatic carbocycles. The summed E-state index contributed by atoms with van der Waals surface area (Å²) >= 11 is 0. The van der Waals surface area contributed by atoms with Crippen LogP contribution in [0.1, 0.15) is 22.3 Å². The molecule has 4 aromatic carbocycles. The van der Waals surface area contributed by atoms with Crippen LogP contribution in [-0.2, 0) is 26.9 Å². The van der Waals surface area contributed by atoms with Gasteiger partial charge in [0.25, 0.3) is 0 Å². The molecule has 0 atom stereocenters. The van der Waals surface area contributed by atoms with Crippen LogP contribution in [0, 0.1) is 0 Å². The van der Waals surface area contributed by atoms with Gasteiger partial charge in [0, 0.05) is 48.3 Å². The van der Waals surface area contributed by atoms with E-state index < -0.39 is 0 Å². The number of hydrogen-bond acceptors (Lipinski definition) is 4. The molecule has 0 fully saturated rings. The van der Waals surface area contributed by atoms with E-state index in [1.165, 1.54) is 27.6 Å². The number of hydrogen-bond donors (Lipinski definition) is 2. The van der Waals surface area contributed by atoms with Gasteiger partial charge in [-0.3, -0.25) is 0 Å². The van der Waals surface area contributed by atoms with Gasteiger partial charge in [-0.2, -0.15) is 0 Å². The molecule has 6 nitrogen and oxygen atoms in total. The number of ether oxygens (including phenoxy) is 2. The van der Waals surface area contributed by atoms with E-state index in [1.807, 2.05) is 73.5 Å². The molecule has 6 aromatic rings. The van der Waals surface area contributed by atoms with Gasteiger partial charge in [-0.05, 0) is 108 Å². The SMILES string of the molecule is COc1ccc2c(c1)C=CC2.COc1ccc2c(ccn2C)c1.Cn1ccc2cc(O)ccc21.Oc1ccc2c(c1)C=CC2. The number of phenolic OH excluding ortho intramolecular Hbond substituents is 2. The van der Waals surface area contributed by atoms with Crippen molar-refractivity contribution in [2.24, 2.45) is 14.1 Å². The summed E-state index contributed by atoms with van der Waals surface area (Å²) in [5, 5.41) is 20.5. The second-order valence-corrected chi connectivity index (χ2v) is 10.7. The number of aromatic hydroxyl groups is 2. The third kappa shape index (κ3) is 7.16. The van der Waals surface area contributed by atoms with Gasteiger partial charge < -0.3 is 28.8 Å². The molecule has 0 saturated carbocycles. The quantitative estimate of drug-likeness (QED) is 0.214. The van der Waals surface area contributed by atoms with Gasteiger partial charge in [-0.25, -0.2) is 0 Å². The van der Waals surface area contributed by atoms with Crippen molar-refractivity contribution in [3.8, 4) is 23.0 Å². The Kier molecular flexibility index (Phi) is 9.40. The lowest BCUT2D eigenvalue weighted by Gasteiger charge is -2.01. The molecular weight excluding hydrogens is 548 g/mol. The van der Waals surface area contributed by atoms with Gasteiger partial charge in [0.1, 0.15) is 23.0 Å². The first-order valence-corrected chi connectivity index (χ1v) is 14.5. The van der Waals surface area contributed by atoms with Crippen molar-refractivity contribution in [3.05, 3.63) is 132 Å². The zero-order valence-electron chi connectivity index (χ0n) is 25.6. The van der Waals surface area contributed by atoms with E-state index in [9.17, 15) is 0 Å². The number of allylic oxidation sites excluding steroid dienone is 2. The summed E-state index contributed by atoms with van der Waals surface area (Å²) < 4.78 is 14.3. The first kappa shape index (κ1) is 30.1.